The standard InChI is InChI=1S/C24H23NO6/c1-14-18(12-15-6-4-3-5-7-15)16(20(26)13-21(14)31-2)8-9-19-22(24(29)30)17(23(27)28)10-11-25-19/h3-7,10-11,13,26H,8-9,12H2,1-2H3,(H,27,28)(H,29,30). The molecule has 31 heavy (non-hydrogen) atoms. The van der Waals surface area contributed by atoms with Crippen molar-refractivity contribution in [1.29, 1.82) is 0 Å². The molecule has 160 valence electrons. The van der Waals surface area contributed by atoms with Crippen LogP contribution in [0.4, 0.5) is 0 Å². The average Bonchev–Trinajstić information content (AvgIpc) is 2.75. The summed E-state index contributed by atoms with van der Waals surface area (Å²) in [6.07, 6.45) is 2.29. The topological polar surface area (TPSA) is 117 Å². The Hall–Kier alpha value is -3.87. The van der Waals surface area contributed by atoms with Crippen LogP contribution in [0, 0.1) is 6.92 Å². The van der Waals surface area contributed by atoms with Gasteiger partial charge in [-0.1, -0.05) is 30.3 Å². The minimum absolute atomic E-state index is 0.0413. The second-order valence-electron chi connectivity index (χ2n) is 7.13. The van der Waals surface area contributed by atoms with Crippen molar-refractivity contribution in [3.05, 3.63) is 87.7 Å². The minimum atomic E-state index is -1.35. The highest BCUT2D eigenvalue weighted by Crippen LogP contribution is 2.35. The summed E-state index contributed by atoms with van der Waals surface area (Å²) < 4.78 is 5.40. The molecule has 7 nitrogen and oxygen atoms in total. The Balaban J connectivity index is 2.03. The second kappa shape index (κ2) is 9.30. The van der Waals surface area contributed by atoms with Gasteiger partial charge in [0, 0.05) is 12.3 Å². The van der Waals surface area contributed by atoms with Gasteiger partial charge >= 0.3 is 11.9 Å². The first-order chi connectivity index (χ1) is 14.8. The number of phenols is 1. The molecule has 3 N–H and O–H groups in total. The molecule has 3 rings (SSSR count). The predicted molar refractivity (Wildman–Crippen MR) is 114 cm³/mol. The summed E-state index contributed by atoms with van der Waals surface area (Å²) in [6.45, 7) is 1.91. The first-order valence-electron chi connectivity index (χ1n) is 9.70. The van der Waals surface area contributed by atoms with Crippen LogP contribution in [0.3, 0.4) is 0 Å². The van der Waals surface area contributed by atoms with E-state index in [4.69, 9.17) is 4.74 Å². The molecule has 0 saturated heterocycles. The Morgan fingerprint density at radius 3 is 2.32 bits per heavy atom. The van der Waals surface area contributed by atoms with E-state index in [0.29, 0.717) is 17.7 Å². The van der Waals surface area contributed by atoms with Gasteiger partial charge in [-0.3, -0.25) is 4.98 Å². The number of aromatic hydroxyl groups is 1. The molecule has 0 fully saturated rings. The SMILES string of the molecule is COc1cc(O)c(CCc2nccc(C(=O)O)c2C(=O)O)c(Cc2ccccc2)c1C. The van der Waals surface area contributed by atoms with Gasteiger partial charge in [-0.05, 0) is 54.5 Å². The normalized spacial score (nSPS) is 10.6. The molecule has 0 aliphatic rings. The van der Waals surface area contributed by atoms with Crippen LogP contribution in [0.1, 0.15) is 48.7 Å². The van der Waals surface area contributed by atoms with Crippen LogP contribution in [0.5, 0.6) is 11.5 Å². The van der Waals surface area contributed by atoms with E-state index in [9.17, 15) is 24.9 Å². The molecule has 1 aromatic heterocycles. The van der Waals surface area contributed by atoms with E-state index >= 15 is 0 Å². The Labute approximate surface area is 179 Å². The van der Waals surface area contributed by atoms with Crippen molar-refractivity contribution in [1.82, 2.24) is 4.98 Å². The second-order valence-corrected chi connectivity index (χ2v) is 7.13. The number of hydrogen-bond acceptors (Lipinski definition) is 5. The van der Waals surface area contributed by atoms with Gasteiger partial charge in [0.2, 0.25) is 0 Å². The zero-order chi connectivity index (χ0) is 22.5. The number of nitrogens with zero attached hydrogens (tertiary/aromatic N) is 1. The van der Waals surface area contributed by atoms with Gasteiger partial charge in [-0.2, -0.15) is 0 Å². The number of hydrogen-bond donors (Lipinski definition) is 3. The summed E-state index contributed by atoms with van der Waals surface area (Å²) in [5.41, 5.74) is 2.99. The number of aromatic carboxylic acids is 2. The lowest BCUT2D eigenvalue weighted by molar-refractivity contribution is 0.0649. The van der Waals surface area contributed by atoms with E-state index in [-0.39, 0.29) is 35.4 Å². The maximum atomic E-state index is 11.7. The van der Waals surface area contributed by atoms with Crippen molar-refractivity contribution in [3.63, 3.8) is 0 Å². The fourth-order valence-corrected chi connectivity index (χ4v) is 3.73. The van der Waals surface area contributed by atoms with Gasteiger partial charge < -0.3 is 20.1 Å². The number of pyridine rings is 1. The molecule has 0 aliphatic heterocycles. The van der Waals surface area contributed by atoms with E-state index in [1.807, 2.05) is 37.3 Å². The lowest BCUT2D eigenvalue weighted by Gasteiger charge is -2.18. The number of aryl methyl sites for hydroxylation is 1. The third-order valence-electron chi connectivity index (χ3n) is 5.29. The summed E-state index contributed by atoms with van der Waals surface area (Å²) >= 11 is 0. The summed E-state index contributed by atoms with van der Waals surface area (Å²) in [7, 11) is 1.54. The van der Waals surface area contributed by atoms with Crippen LogP contribution in [0.15, 0.2) is 48.7 Å². The molecule has 0 saturated carbocycles. The van der Waals surface area contributed by atoms with Gasteiger partial charge in [0.15, 0.2) is 0 Å². The maximum absolute atomic E-state index is 11.7. The van der Waals surface area contributed by atoms with Crippen molar-refractivity contribution in [2.75, 3.05) is 7.11 Å². The summed E-state index contributed by atoms with van der Waals surface area (Å²) in [5, 5.41) is 29.6. The number of carbonyl (C=O) groups is 2. The van der Waals surface area contributed by atoms with Crippen molar-refractivity contribution in [2.45, 2.75) is 26.2 Å². The largest absolute Gasteiger partial charge is 0.508 e. The number of aromatic nitrogens is 1. The van der Waals surface area contributed by atoms with Crippen molar-refractivity contribution in [3.8, 4) is 11.5 Å². The predicted octanol–water partition coefficient (Wildman–Crippen LogP) is 3.88. The molecule has 3 aromatic rings. The smallest absolute Gasteiger partial charge is 0.338 e. The molecule has 0 spiro atoms. The van der Waals surface area contributed by atoms with Gasteiger partial charge in [0.05, 0.1) is 23.9 Å². The minimum Gasteiger partial charge on any atom is -0.508 e. The molecule has 0 unspecified atom stereocenters. The van der Waals surface area contributed by atoms with E-state index in [0.717, 1.165) is 16.7 Å². The fourth-order valence-electron chi connectivity index (χ4n) is 3.73. The zero-order valence-electron chi connectivity index (χ0n) is 17.3. The molecule has 1 heterocycles. The molecular weight excluding hydrogens is 398 g/mol. The van der Waals surface area contributed by atoms with E-state index < -0.39 is 11.9 Å². The van der Waals surface area contributed by atoms with Crippen LogP contribution < -0.4 is 4.74 Å². The first-order valence-corrected chi connectivity index (χ1v) is 9.70. The first kappa shape index (κ1) is 21.8. The number of carboxylic acids is 2. The molecule has 0 atom stereocenters. The van der Waals surface area contributed by atoms with E-state index in [1.54, 1.807) is 6.07 Å². The summed E-state index contributed by atoms with van der Waals surface area (Å²) in [4.78, 5) is 27.2. The monoisotopic (exact) mass is 421 g/mol. The van der Waals surface area contributed by atoms with Crippen LogP contribution >= 0.6 is 0 Å². The Morgan fingerprint density at radius 2 is 1.71 bits per heavy atom. The Kier molecular flexibility index (Phi) is 6.55. The zero-order valence-corrected chi connectivity index (χ0v) is 17.3. The molecule has 7 heteroatoms. The highest BCUT2D eigenvalue weighted by molar-refractivity contribution is 6.02. The maximum Gasteiger partial charge on any atom is 0.338 e. The third kappa shape index (κ3) is 4.66. The van der Waals surface area contributed by atoms with E-state index in [2.05, 4.69) is 4.98 Å². The average molecular weight is 421 g/mol. The van der Waals surface area contributed by atoms with Crippen LogP contribution in [-0.4, -0.2) is 39.4 Å². The van der Waals surface area contributed by atoms with Crippen LogP contribution in [-0.2, 0) is 19.3 Å². The molecular formula is C24H23NO6. The van der Waals surface area contributed by atoms with Crippen molar-refractivity contribution < 1.29 is 29.6 Å². The van der Waals surface area contributed by atoms with Gasteiger partial charge in [-0.15, -0.1) is 0 Å². The molecule has 0 amide bonds. The number of ether oxygens (including phenoxy) is 1. The number of methoxy groups -OCH3 is 1. The molecule has 0 bridgehead atoms. The lowest BCUT2D eigenvalue weighted by Crippen LogP contribution is -2.14. The Morgan fingerprint density at radius 1 is 1.00 bits per heavy atom. The molecule has 0 aliphatic carbocycles. The number of carboxylic acid groups (broad SMARTS) is 2. The van der Waals surface area contributed by atoms with E-state index in [1.165, 1.54) is 19.4 Å². The number of rotatable bonds is 8. The van der Waals surface area contributed by atoms with Gasteiger partial charge in [0.1, 0.15) is 11.5 Å². The quantitative estimate of drug-likeness (QED) is 0.505. The van der Waals surface area contributed by atoms with Gasteiger partial charge in [-0.25, -0.2) is 9.59 Å². The Bertz CT molecular complexity index is 1120. The van der Waals surface area contributed by atoms with Crippen molar-refractivity contribution in [2.24, 2.45) is 0 Å². The lowest BCUT2D eigenvalue weighted by atomic mass is 9.90. The van der Waals surface area contributed by atoms with Crippen LogP contribution in [0.2, 0.25) is 0 Å². The summed E-state index contributed by atoms with van der Waals surface area (Å²) in [6, 6.07) is 12.5. The van der Waals surface area contributed by atoms with Crippen LogP contribution in [0.25, 0.3) is 0 Å². The number of phenolic OH excluding ortho intramolecular Hbond substituents is 1. The highest BCUT2D eigenvalue weighted by atomic mass is 16.5. The number of benzene rings is 2. The molecule has 0 radical (unpaired) electrons. The highest BCUT2D eigenvalue weighted by Gasteiger charge is 2.22. The third-order valence-corrected chi connectivity index (χ3v) is 5.29. The summed E-state index contributed by atoms with van der Waals surface area (Å²) in [5.74, 6) is -2.07. The fraction of sp³-hybridized carbons (Fsp3) is 0.208. The molecule has 2 aromatic carbocycles. The van der Waals surface area contributed by atoms with Crippen molar-refractivity contribution >= 4 is 11.9 Å². The van der Waals surface area contributed by atoms with Gasteiger partial charge in [0.25, 0.3) is 0 Å².